The minimum Gasteiger partial charge on any atom is -0.496 e. The Balaban J connectivity index is 1.94. The predicted octanol–water partition coefficient (Wildman–Crippen LogP) is 3.05. The molecule has 0 atom stereocenters. The van der Waals surface area contributed by atoms with Crippen molar-refractivity contribution in [2.75, 3.05) is 7.11 Å². The van der Waals surface area contributed by atoms with Gasteiger partial charge in [0, 0.05) is 18.1 Å². The third-order valence-corrected chi connectivity index (χ3v) is 3.75. The van der Waals surface area contributed by atoms with Crippen LogP contribution in [-0.2, 0) is 24.8 Å². The second kappa shape index (κ2) is 6.20. The average molecular weight is 324 g/mol. The van der Waals surface area contributed by atoms with Crippen LogP contribution in [-0.4, -0.2) is 19.0 Å². The molecule has 0 radical (unpaired) electrons. The summed E-state index contributed by atoms with van der Waals surface area (Å²) in [6.45, 7) is 1.54. The second-order valence-electron chi connectivity index (χ2n) is 5.39. The molecule has 0 unspecified atom stereocenters. The Morgan fingerprint density at radius 3 is 2.12 bits per heavy atom. The first-order valence-corrected chi connectivity index (χ1v) is 7.40. The molecule has 1 aliphatic heterocycles. The van der Waals surface area contributed by atoms with Crippen molar-refractivity contribution in [3.05, 3.63) is 71.3 Å². The van der Waals surface area contributed by atoms with Gasteiger partial charge in [-0.25, -0.2) is 9.59 Å². The lowest BCUT2D eigenvalue weighted by Crippen LogP contribution is -2.42. The molecule has 0 aliphatic carbocycles. The van der Waals surface area contributed by atoms with E-state index in [0.717, 1.165) is 0 Å². The lowest BCUT2D eigenvalue weighted by atomic mass is 10.0. The van der Waals surface area contributed by atoms with Gasteiger partial charge in [0.25, 0.3) is 5.79 Å². The summed E-state index contributed by atoms with van der Waals surface area (Å²) in [4.78, 5) is 24.7. The monoisotopic (exact) mass is 324 g/mol. The van der Waals surface area contributed by atoms with E-state index in [1.165, 1.54) is 20.1 Å². The van der Waals surface area contributed by atoms with Crippen LogP contribution in [0.2, 0.25) is 0 Å². The van der Waals surface area contributed by atoms with E-state index >= 15 is 0 Å². The smallest absolute Gasteiger partial charge is 0.349 e. The number of ether oxygens (including phenoxy) is 3. The van der Waals surface area contributed by atoms with Gasteiger partial charge >= 0.3 is 11.9 Å². The first-order chi connectivity index (χ1) is 11.5. The second-order valence-corrected chi connectivity index (χ2v) is 5.39. The summed E-state index contributed by atoms with van der Waals surface area (Å²) in [7, 11) is 1.52. The molecule has 5 nitrogen and oxygen atoms in total. The normalized spacial score (nSPS) is 20.2. The minimum absolute atomic E-state index is 0.173. The number of carbonyl (C=O) groups excluding carboxylic acids is 2. The lowest BCUT2D eigenvalue weighted by Gasteiger charge is -2.33. The maximum atomic E-state index is 12.4. The molecule has 1 aliphatic rings. The molecule has 122 valence electrons. The summed E-state index contributed by atoms with van der Waals surface area (Å²) < 4.78 is 16.0. The quantitative estimate of drug-likeness (QED) is 0.493. The fourth-order valence-electron chi connectivity index (χ4n) is 2.49. The number of benzene rings is 2. The van der Waals surface area contributed by atoms with Crippen LogP contribution in [0.5, 0.6) is 5.75 Å². The summed E-state index contributed by atoms with van der Waals surface area (Å²) in [6.07, 6.45) is 1.41. The maximum Gasteiger partial charge on any atom is 0.349 e. The average Bonchev–Trinajstić information content (AvgIpc) is 2.59. The minimum atomic E-state index is -1.44. The van der Waals surface area contributed by atoms with E-state index in [-0.39, 0.29) is 5.57 Å². The molecule has 5 heteroatoms. The number of hydrogen-bond donors (Lipinski definition) is 0. The first kappa shape index (κ1) is 15.8. The highest BCUT2D eigenvalue weighted by molar-refractivity contribution is 6.19. The van der Waals surface area contributed by atoms with Crippen LogP contribution >= 0.6 is 0 Å². The SMILES string of the molecule is COc1ccccc1C=C1C(=O)OC(C)(c2ccccc2)OC1=O. The number of methoxy groups -OCH3 is 1. The van der Waals surface area contributed by atoms with E-state index in [9.17, 15) is 9.59 Å². The highest BCUT2D eigenvalue weighted by Gasteiger charge is 2.43. The van der Waals surface area contributed by atoms with E-state index in [1.54, 1.807) is 48.5 Å². The van der Waals surface area contributed by atoms with Gasteiger partial charge in [0.2, 0.25) is 0 Å². The zero-order chi connectivity index (χ0) is 17.2. The fraction of sp³-hybridized carbons (Fsp3) is 0.158. The van der Waals surface area contributed by atoms with E-state index in [0.29, 0.717) is 16.9 Å². The van der Waals surface area contributed by atoms with Gasteiger partial charge in [-0.3, -0.25) is 0 Å². The number of esters is 2. The van der Waals surface area contributed by atoms with Gasteiger partial charge in [-0.15, -0.1) is 0 Å². The summed E-state index contributed by atoms with van der Waals surface area (Å²) in [5.74, 6) is -2.36. The standard InChI is InChI=1S/C19H16O5/c1-19(14-9-4-3-5-10-14)23-17(20)15(18(21)24-19)12-13-8-6-7-11-16(13)22-2/h3-12H,1-2H3. The molecular formula is C19H16O5. The largest absolute Gasteiger partial charge is 0.496 e. The molecule has 0 N–H and O–H groups in total. The van der Waals surface area contributed by atoms with Crippen LogP contribution < -0.4 is 4.74 Å². The Hall–Kier alpha value is -3.08. The third kappa shape index (κ3) is 2.88. The van der Waals surface area contributed by atoms with Gasteiger partial charge < -0.3 is 14.2 Å². The zero-order valence-electron chi connectivity index (χ0n) is 13.3. The van der Waals surface area contributed by atoms with Crippen molar-refractivity contribution in [1.29, 1.82) is 0 Å². The highest BCUT2D eigenvalue weighted by Crippen LogP contribution is 2.34. The highest BCUT2D eigenvalue weighted by atomic mass is 16.7. The molecule has 1 fully saturated rings. The lowest BCUT2D eigenvalue weighted by molar-refractivity contribution is -0.233. The number of rotatable bonds is 3. The van der Waals surface area contributed by atoms with Crippen LogP contribution in [0.1, 0.15) is 18.1 Å². The number of hydrogen-bond acceptors (Lipinski definition) is 5. The van der Waals surface area contributed by atoms with Crippen molar-refractivity contribution in [2.45, 2.75) is 12.7 Å². The zero-order valence-corrected chi connectivity index (χ0v) is 13.3. The van der Waals surface area contributed by atoms with Gasteiger partial charge in [0.05, 0.1) is 7.11 Å². The van der Waals surface area contributed by atoms with Gasteiger partial charge in [-0.05, 0) is 12.1 Å². The fourth-order valence-corrected chi connectivity index (χ4v) is 2.49. The van der Waals surface area contributed by atoms with Gasteiger partial charge in [-0.2, -0.15) is 0 Å². The Morgan fingerprint density at radius 2 is 1.50 bits per heavy atom. The molecule has 0 aromatic heterocycles. The van der Waals surface area contributed by atoms with E-state index in [2.05, 4.69) is 0 Å². The predicted molar refractivity (Wildman–Crippen MR) is 86.9 cm³/mol. The molecule has 0 amide bonds. The van der Waals surface area contributed by atoms with Gasteiger partial charge in [-0.1, -0.05) is 48.5 Å². The summed E-state index contributed by atoms with van der Waals surface area (Å²) in [5, 5.41) is 0. The topological polar surface area (TPSA) is 61.8 Å². The van der Waals surface area contributed by atoms with Crippen molar-refractivity contribution < 1.29 is 23.8 Å². The molecule has 0 saturated carbocycles. The van der Waals surface area contributed by atoms with Crippen LogP contribution in [0, 0.1) is 0 Å². The van der Waals surface area contributed by atoms with Crippen LogP contribution in [0.4, 0.5) is 0 Å². The molecule has 0 spiro atoms. The Bertz CT molecular complexity index is 788. The summed E-state index contributed by atoms with van der Waals surface area (Å²) >= 11 is 0. The number of cyclic esters (lactones) is 2. The first-order valence-electron chi connectivity index (χ1n) is 7.40. The maximum absolute atomic E-state index is 12.4. The molecule has 1 saturated heterocycles. The molecule has 0 bridgehead atoms. The van der Waals surface area contributed by atoms with Crippen molar-refractivity contribution in [1.82, 2.24) is 0 Å². The Kier molecular flexibility index (Phi) is 4.08. The van der Waals surface area contributed by atoms with Crippen LogP contribution in [0.15, 0.2) is 60.2 Å². The molecule has 1 heterocycles. The van der Waals surface area contributed by atoms with E-state index in [4.69, 9.17) is 14.2 Å². The Labute approximate surface area is 139 Å². The van der Waals surface area contributed by atoms with E-state index < -0.39 is 17.7 Å². The molecule has 2 aromatic carbocycles. The van der Waals surface area contributed by atoms with Crippen molar-refractivity contribution >= 4 is 18.0 Å². The molecule has 2 aromatic rings. The van der Waals surface area contributed by atoms with E-state index in [1.807, 2.05) is 6.07 Å². The number of para-hydroxylation sites is 1. The van der Waals surface area contributed by atoms with Crippen molar-refractivity contribution in [2.24, 2.45) is 0 Å². The molecule has 3 rings (SSSR count). The van der Waals surface area contributed by atoms with Crippen molar-refractivity contribution in [3.63, 3.8) is 0 Å². The van der Waals surface area contributed by atoms with Gasteiger partial charge in [0.15, 0.2) is 0 Å². The summed E-state index contributed by atoms with van der Waals surface area (Å²) in [5.41, 5.74) is 1.00. The summed E-state index contributed by atoms with van der Waals surface area (Å²) in [6, 6.07) is 15.9. The Morgan fingerprint density at radius 1 is 0.917 bits per heavy atom. The molecular weight excluding hydrogens is 308 g/mol. The third-order valence-electron chi connectivity index (χ3n) is 3.75. The van der Waals surface area contributed by atoms with Crippen LogP contribution in [0.25, 0.3) is 6.08 Å². The van der Waals surface area contributed by atoms with Gasteiger partial charge in [0.1, 0.15) is 11.3 Å². The van der Waals surface area contributed by atoms with Crippen molar-refractivity contribution in [3.8, 4) is 5.75 Å². The molecule has 24 heavy (non-hydrogen) atoms. The van der Waals surface area contributed by atoms with Crippen LogP contribution in [0.3, 0.4) is 0 Å². The number of carbonyl (C=O) groups is 2.